The normalized spacial score (nSPS) is 11.4. The van der Waals surface area contributed by atoms with Gasteiger partial charge in [-0.25, -0.2) is 18.2 Å². The molecule has 0 radical (unpaired) electrons. The second-order valence-corrected chi connectivity index (χ2v) is 8.54. The van der Waals surface area contributed by atoms with Crippen LogP contribution in [0.15, 0.2) is 59.5 Å². The summed E-state index contributed by atoms with van der Waals surface area (Å²) in [6.45, 7) is 2.85. The average molecular weight is 428 g/mol. The van der Waals surface area contributed by atoms with Crippen LogP contribution in [0.4, 0.5) is 0 Å². The number of sulfonamides is 1. The molecule has 0 aliphatic heterocycles. The first-order chi connectivity index (χ1) is 14.3. The van der Waals surface area contributed by atoms with Gasteiger partial charge < -0.3 is 11.1 Å². The molecular weight excluding hydrogens is 402 g/mol. The molecule has 5 N–H and O–H groups in total. The number of aryl methyl sites for hydroxylation is 2. The molecule has 3 rings (SSSR count). The van der Waals surface area contributed by atoms with Crippen LogP contribution in [-0.4, -0.2) is 37.2 Å². The van der Waals surface area contributed by atoms with Gasteiger partial charge in [0.1, 0.15) is 0 Å². The number of nitrogens with two attached hydrogens (primary N) is 2. The summed E-state index contributed by atoms with van der Waals surface area (Å²) < 4.78 is 24.8. The average Bonchev–Trinajstić information content (AvgIpc) is 3.15. The number of benzene rings is 2. The molecule has 0 spiro atoms. The summed E-state index contributed by atoms with van der Waals surface area (Å²) in [5.74, 6) is -0.0793. The van der Waals surface area contributed by atoms with Gasteiger partial charge in [-0.3, -0.25) is 4.79 Å². The summed E-state index contributed by atoms with van der Waals surface area (Å²) in [4.78, 5) is 11.9. The zero-order valence-corrected chi connectivity index (χ0v) is 17.5. The third kappa shape index (κ3) is 5.32. The molecule has 1 amide bonds. The maximum atomic E-state index is 11.9. The van der Waals surface area contributed by atoms with Crippen LogP contribution < -0.4 is 16.2 Å². The molecule has 0 saturated heterocycles. The molecule has 0 aliphatic rings. The fourth-order valence-electron chi connectivity index (χ4n) is 3.00. The SMILES string of the molecule is Cc1ccc(-c2cc(CCC(=O)NCCN)nn2-c2ccc(S(N)(=O)=O)cc2)cc1. The van der Waals surface area contributed by atoms with E-state index in [4.69, 9.17) is 10.9 Å². The second kappa shape index (κ2) is 9.21. The number of nitrogens with one attached hydrogen (secondary N) is 1. The minimum absolute atomic E-state index is 0.0343. The summed E-state index contributed by atoms with van der Waals surface area (Å²) in [6.07, 6.45) is 0.770. The molecule has 0 unspecified atom stereocenters. The van der Waals surface area contributed by atoms with Crippen LogP contribution >= 0.6 is 0 Å². The summed E-state index contributed by atoms with van der Waals surface area (Å²) >= 11 is 0. The molecule has 3 aromatic rings. The van der Waals surface area contributed by atoms with Gasteiger partial charge in [0.05, 0.1) is 22.0 Å². The predicted octanol–water partition coefficient (Wildman–Crippen LogP) is 1.50. The summed E-state index contributed by atoms with van der Waals surface area (Å²) in [6, 6.07) is 16.2. The topological polar surface area (TPSA) is 133 Å². The Morgan fingerprint density at radius 3 is 2.37 bits per heavy atom. The van der Waals surface area contributed by atoms with Gasteiger partial charge in [-0.2, -0.15) is 5.10 Å². The molecule has 0 bridgehead atoms. The van der Waals surface area contributed by atoms with Crippen LogP contribution in [0.2, 0.25) is 0 Å². The maximum Gasteiger partial charge on any atom is 0.238 e. The predicted molar refractivity (Wildman–Crippen MR) is 115 cm³/mol. The van der Waals surface area contributed by atoms with Crippen molar-refractivity contribution >= 4 is 15.9 Å². The molecule has 0 aliphatic carbocycles. The lowest BCUT2D eigenvalue weighted by Crippen LogP contribution is -2.29. The van der Waals surface area contributed by atoms with E-state index in [1.165, 1.54) is 12.1 Å². The van der Waals surface area contributed by atoms with Crippen LogP contribution in [0.1, 0.15) is 17.7 Å². The lowest BCUT2D eigenvalue weighted by molar-refractivity contribution is -0.121. The number of carbonyl (C=O) groups excluding carboxylic acids is 1. The third-order valence-electron chi connectivity index (χ3n) is 4.59. The van der Waals surface area contributed by atoms with E-state index in [1.54, 1.807) is 16.8 Å². The number of primary sulfonamides is 1. The first kappa shape index (κ1) is 21.7. The largest absolute Gasteiger partial charge is 0.355 e. The van der Waals surface area contributed by atoms with Gasteiger partial charge in [0, 0.05) is 31.5 Å². The van der Waals surface area contributed by atoms with Crippen molar-refractivity contribution in [2.75, 3.05) is 13.1 Å². The number of amides is 1. The number of aromatic nitrogens is 2. The molecule has 8 nitrogen and oxygen atoms in total. The number of rotatable bonds is 8. The van der Waals surface area contributed by atoms with Crippen molar-refractivity contribution in [2.45, 2.75) is 24.7 Å². The van der Waals surface area contributed by atoms with E-state index in [0.717, 1.165) is 22.5 Å². The molecule has 0 saturated carbocycles. The highest BCUT2D eigenvalue weighted by Gasteiger charge is 2.14. The van der Waals surface area contributed by atoms with Crippen LogP contribution in [0.3, 0.4) is 0 Å². The molecule has 1 heterocycles. The van der Waals surface area contributed by atoms with E-state index in [9.17, 15) is 13.2 Å². The van der Waals surface area contributed by atoms with Gasteiger partial charge in [0.2, 0.25) is 15.9 Å². The lowest BCUT2D eigenvalue weighted by atomic mass is 10.1. The van der Waals surface area contributed by atoms with Crippen LogP contribution in [0, 0.1) is 6.92 Å². The first-order valence-electron chi connectivity index (χ1n) is 9.54. The first-order valence-corrected chi connectivity index (χ1v) is 11.1. The molecule has 158 valence electrons. The van der Waals surface area contributed by atoms with Crippen molar-refractivity contribution in [3.05, 3.63) is 65.9 Å². The minimum Gasteiger partial charge on any atom is -0.355 e. The van der Waals surface area contributed by atoms with E-state index in [-0.39, 0.29) is 10.8 Å². The maximum absolute atomic E-state index is 11.9. The molecule has 0 atom stereocenters. The van der Waals surface area contributed by atoms with E-state index in [2.05, 4.69) is 10.4 Å². The monoisotopic (exact) mass is 427 g/mol. The Labute approximate surface area is 175 Å². The van der Waals surface area contributed by atoms with Crippen molar-refractivity contribution in [3.63, 3.8) is 0 Å². The highest BCUT2D eigenvalue weighted by atomic mass is 32.2. The van der Waals surface area contributed by atoms with Crippen molar-refractivity contribution in [1.82, 2.24) is 15.1 Å². The Morgan fingerprint density at radius 1 is 1.10 bits per heavy atom. The van der Waals surface area contributed by atoms with Crippen LogP contribution in [0.5, 0.6) is 0 Å². The Hall–Kier alpha value is -3.01. The lowest BCUT2D eigenvalue weighted by Gasteiger charge is -2.09. The van der Waals surface area contributed by atoms with E-state index < -0.39 is 10.0 Å². The fraction of sp³-hybridized carbons (Fsp3) is 0.238. The van der Waals surface area contributed by atoms with E-state index >= 15 is 0 Å². The van der Waals surface area contributed by atoms with Crippen molar-refractivity contribution < 1.29 is 13.2 Å². The number of nitrogens with zero attached hydrogens (tertiary/aromatic N) is 2. The minimum atomic E-state index is -3.77. The quantitative estimate of drug-likeness (QED) is 0.501. The number of carbonyl (C=O) groups is 1. The molecule has 2 aromatic carbocycles. The van der Waals surface area contributed by atoms with Crippen LogP contribution in [-0.2, 0) is 21.2 Å². The Bertz CT molecular complexity index is 1120. The molecule has 1 aromatic heterocycles. The Kier molecular flexibility index (Phi) is 6.66. The molecule has 0 fully saturated rings. The fourth-order valence-corrected chi connectivity index (χ4v) is 3.51. The van der Waals surface area contributed by atoms with Gasteiger partial charge in [-0.05, 0) is 37.3 Å². The molecular formula is C21H25N5O3S. The van der Waals surface area contributed by atoms with E-state index in [0.29, 0.717) is 31.6 Å². The van der Waals surface area contributed by atoms with Gasteiger partial charge in [0.25, 0.3) is 0 Å². The van der Waals surface area contributed by atoms with Crippen LogP contribution in [0.25, 0.3) is 16.9 Å². The molecule has 30 heavy (non-hydrogen) atoms. The Balaban J connectivity index is 1.94. The number of hydrogen-bond donors (Lipinski definition) is 3. The third-order valence-corrected chi connectivity index (χ3v) is 5.52. The smallest absolute Gasteiger partial charge is 0.238 e. The van der Waals surface area contributed by atoms with Gasteiger partial charge in [0.15, 0.2) is 0 Å². The van der Waals surface area contributed by atoms with Crippen molar-refractivity contribution in [1.29, 1.82) is 0 Å². The molecule has 9 heteroatoms. The highest BCUT2D eigenvalue weighted by Crippen LogP contribution is 2.25. The standard InChI is InChI=1S/C21H25N5O3S/c1-15-2-4-16(5-3-15)20-14-17(6-11-21(27)24-13-12-22)25-26(20)18-7-9-19(10-8-18)30(23,28)29/h2-5,7-10,14H,6,11-13,22H2,1H3,(H,24,27)(H2,23,28,29). The van der Waals surface area contributed by atoms with Crippen molar-refractivity contribution in [2.24, 2.45) is 10.9 Å². The van der Waals surface area contributed by atoms with Gasteiger partial charge in [-0.15, -0.1) is 0 Å². The second-order valence-electron chi connectivity index (χ2n) is 6.98. The summed E-state index contributed by atoms with van der Waals surface area (Å²) in [5.41, 5.74) is 9.80. The van der Waals surface area contributed by atoms with Gasteiger partial charge >= 0.3 is 0 Å². The number of hydrogen-bond acceptors (Lipinski definition) is 5. The Morgan fingerprint density at radius 2 is 1.77 bits per heavy atom. The van der Waals surface area contributed by atoms with Gasteiger partial charge in [-0.1, -0.05) is 29.8 Å². The zero-order valence-electron chi connectivity index (χ0n) is 16.7. The highest BCUT2D eigenvalue weighted by molar-refractivity contribution is 7.89. The summed E-state index contributed by atoms with van der Waals surface area (Å²) in [7, 11) is -3.77. The van der Waals surface area contributed by atoms with Crippen molar-refractivity contribution in [3.8, 4) is 16.9 Å². The summed E-state index contributed by atoms with van der Waals surface area (Å²) in [5, 5.41) is 12.6. The van der Waals surface area contributed by atoms with E-state index in [1.807, 2.05) is 37.3 Å². The zero-order chi connectivity index (χ0) is 21.7.